The number of nitrogens with zero attached hydrogens (tertiary/aromatic N) is 6. The lowest BCUT2D eigenvalue weighted by molar-refractivity contribution is 0.715. The SMILES string of the molecule is c1cncc(NN=NCCCCN=NNc2cccnc2)c1. The molecule has 0 radical (unpaired) electrons. The van der Waals surface area contributed by atoms with Crippen molar-refractivity contribution in [1.29, 1.82) is 0 Å². The van der Waals surface area contributed by atoms with Crippen LogP contribution in [0.15, 0.2) is 69.7 Å². The van der Waals surface area contributed by atoms with E-state index in [0.29, 0.717) is 13.1 Å². The molecule has 2 heterocycles. The maximum absolute atomic E-state index is 4.02. The van der Waals surface area contributed by atoms with Crippen LogP contribution in [-0.4, -0.2) is 23.1 Å². The minimum absolute atomic E-state index is 0.652. The Morgan fingerprint density at radius 1 is 0.773 bits per heavy atom. The summed E-state index contributed by atoms with van der Waals surface area (Å²) in [4.78, 5) is 7.93. The molecule has 2 rings (SSSR count). The van der Waals surface area contributed by atoms with Gasteiger partial charge in [-0.1, -0.05) is 10.4 Å². The van der Waals surface area contributed by atoms with Gasteiger partial charge >= 0.3 is 0 Å². The molecule has 0 aliphatic rings. The number of pyridine rings is 2. The van der Waals surface area contributed by atoms with E-state index in [2.05, 4.69) is 41.5 Å². The van der Waals surface area contributed by atoms with E-state index in [1.54, 1.807) is 24.8 Å². The van der Waals surface area contributed by atoms with E-state index < -0.39 is 0 Å². The van der Waals surface area contributed by atoms with E-state index in [1.165, 1.54) is 0 Å². The molecule has 2 aromatic rings. The van der Waals surface area contributed by atoms with Gasteiger partial charge in [0.1, 0.15) is 0 Å². The van der Waals surface area contributed by atoms with Crippen LogP contribution in [0.5, 0.6) is 0 Å². The summed E-state index contributed by atoms with van der Waals surface area (Å²) in [6, 6.07) is 7.42. The first-order chi connectivity index (χ1) is 10.9. The van der Waals surface area contributed by atoms with Crippen LogP contribution in [0.4, 0.5) is 11.4 Å². The van der Waals surface area contributed by atoms with Gasteiger partial charge < -0.3 is 0 Å². The van der Waals surface area contributed by atoms with E-state index in [-0.39, 0.29) is 0 Å². The Labute approximate surface area is 128 Å². The summed E-state index contributed by atoms with van der Waals surface area (Å²) in [5.41, 5.74) is 7.27. The molecule has 0 aliphatic carbocycles. The van der Waals surface area contributed by atoms with Crippen molar-refractivity contribution in [3.8, 4) is 0 Å². The maximum atomic E-state index is 4.02. The molecule has 114 valence electrons. The number of unbranched alkanes of at least 4 members (excludes halogenated alkanes) is 1. The Morgan fingerprint density at radius 3 is 1.68 bits per heavy atom. The molecule has 0 atom stereocenters. The Hall–Kier alpha value is -2.90. The van der Waals surface area contributed by atoms with Gasteiger partial charge in [-0.2, -0.15) is 10.2 Å². The molecule has 0 unspecified atom stereocenters. The predicted octanol–water partition coefficient (Wildman–Crippen LogP) is 3.52. The molecular weight excluding hydrogens is 280 g/mol. The van der Waals surface area contributed by atoms with Crippen molar-refractivity contribution in [2.45, 2.75) is 12.8 Å². The second kappa shape index (κ2) is 9.92. The van der Waals surface area contributed by atoms with Crippen molar-refractivity contribution in [2.24, 2.45) is 20.7 Å². The van der Waals surface area contributed by atoms with Crippen molar-refractivity contribution in [2.75, 3.05) is 23.9 Å². The molecule has 0 spiro atoms. The predicted molar refractivity (Wildman–Crippen MR) is 84.4 cm³/mol. The second-order valence-electron chi connectivity index (χ2n) is 4.34. The normalized spacial score (nSPS) is 11.1. The van der Waals surface area contributed by atoms with Crippen LogP contribution >= 0.6 is 0 Å². The van der Waals surface area contributed by atoms with E-state index in [4.69, 9.17) is 0 Å². The summed E-state index contributed by atoms with van der Waals surface area (Å²) < 4.78 is 0. The molecule has 0 bridgehead atoms. The highest BCUT2D eigenvalue weighted by molar-refractivity contribution is 5.38. The van der Waals surface area contributed by atoms with Crippen LogP contribution < -0.4 is 10.9 Å². The zero-order chi connectivity index (χ0) is 15.3. The third-order valence-corrected chi connectivity index (χ3v) is 2.59. The van der Waals surface area contributed by atoms with Gasteiger partial charge in [0.25, 0.3) is 0 Å². The number of nitrogens with one attached hydrogen (secondary N) is 2. The van der Waals surface area contributed by atoms with Crippen LogP contribution in [0.1, 0.15) is 12.8 Å². The van der Waals surface area contributed by atoms with Crippen LogP contribution in [0.3, 0.4) is 0 Å². The lowest BCUT2D eigenvalue weighted by atomic mass is 10.3. The largest absolute Gasteiger partial charge is 0.263 e. The molecule has 0 amide bonds. The van der Waals surface area contributed by atoms with Crippen molar-refractivity contribution in [3.05, 3.63) is 49.1 Å². The molecule has 2 N–H and O–H groups in total. The summed E-state index contributed by atoms with van der Waals surface area (Å²) >= 11 is 0. The Kier molecular flexibility index (Phi) is 6.98. The quantitative estimate of drug-likeness (QED) is 0.420. The Bertz CT molecular complexity index is 516. The standard InChI is InChI=1S/C14H18N8/c1(9-17-21-19-13-5-3-7-15-11-13)2-10-18-22-20-14-6-4-8-16-12-14/h3-8,11-12H,1-2,9-10H2,(H,17,19)(H,18,20). The highest BCUT2D eigenvalue weighted by Gasteiger charge is 1.89. The van der Waals surface area contributed by atoms with E-state index >= 15 is 0 Å². The van der Waals surface area contributed by atoms with Gasteiger partial charge in [0.05, 0.1) is 36.9 Å². The van der Waals surface area contributed by atoms with Crippen molar-refractivity contribution in [3.63, 3.8) is 0 Å². The fraction of sp³-hybridized carbons (Fsp3) is 0.286. The lowest BCUT2D eigenvalue weighted by Gasteiger charge is -1.97. The summed E-state index contributed by atoms with van der Waals surface area (Å²) in [7, 11) is 0. The fourth-order valence-electron chi connectivity index (χ4n) is 1.51. The van der Waals surface area contributed by atoms with Gasteiger partial charge in [-0.25, -0.2) is 0 Å². The summed E-state index contributed by atoms with van der Waals surface area (Å²) in [5, 5.41) is 15.8. The minimum atomic E-state index is 0.652. The topological polar surface area (TPSA) is 99.3 Å². The van der Waals surface area contributed by atoms with E-state index in [9.17, 15) is 0 Å². The van der Waals surface area contributed by atoms with Crippen LogP contribution in [0.25, 0.3) is 0 Å². The van der Waals surface area contributed by atoms with Crippen LogP contribution in [-0.2, 0) is 0 Å². The molecular formula is C14H18N8. The summed E-state index contributed by atoms with van der Waals surface area (Å²) in [6.07, 6.45) is 8.61. The molecule has 2 aromatic heterocycles. The molecule has 0 saturated heterocycles. The van der Waals surface area contributed by atoms with Crippen molar-refractivity contribution in [1.82, 2.24) is 9.97 Å². The molecule has 0 fully saturated rings. The van der Waals surface area contributed by atoms with Crippen LogP contribution in [0, 0.1) is 0 Å². The number of aromatic nitrogens is 2. The molecule has 0 aliphatic heterocycles. The van der Waals surface area contributed by atoms with Gasteiger partial charge in [0.2, 0.25) is 0 Å². The highest BCUT2D eigenvalue weighted by Crippen LogP contribution is 2.03. The van der Waals surface area contributed by atoms with Crippen LogP contribution in [0.2, 0.25) is 0 Å². The van der Waals surface area contributed by atoms with Crippen molar-refractivity contribution < 1.29 is 0 Å². The molecule has 8 nitrogen and oxygen atoms in total. The van der Waals surface area contributed by atoms with Gasteiger partial charge in [-0.3, -0.25) is 20.8 Å². The van der Waals surface area contributed by atoms with Gasteiger partial charge in [0.15, 0.2) is 0 Å². The summed E-state index contributed by atoms with van der Waals surface area (Å²) in [6.45, 7) is 1.30. The third-order valence-electron chi connectivity index (χ3n) is 2.59. The second-order valence-corrected chi connectivity index (χ2v) is 4.34. The number of hydrogen-bond acceptors (Lipinski definition) is 6. The number of hydrogen-bond donors (Lipinski definition) is 2. The first kappa shape index (κ1) is 15.5. The zero-order valence-corrected chi connectivity index (χ0v) is 12.1. The molecule has 8 heteroatoms. The van der Waals surface area contributed by atoms with Gasteiger partial charge in [0, 0.05) is 12.4 Å². The first-order valence-electron chi connectivity index (χ1n) is 7.00. The Morgan fingerprint density at radius 2 is 1.27 bits per heavy atom. The maximum Gasteiger partial charge on any atom is 0.0762 e. The third kappa shape index (κ3) is 6.51. The summed E-state index contributed by atoms with van der Waals surface area (Å²) in [5.74, 6) is 0. The van der Waals surface area contributed by atoms with Gasteiger partial charge in [-0.05, 0) is 37.1 Å². The van der Waals surface area contributed by atoms with Crippen molar-refractivity contribution >= 4 is 11.4 Å². The lowest BCUT2D eigenvalue weighted by Crippen LogP contribution is -1.90. The van der Waals surface area contributed by atoms with E-state index in [0.717, 1.165) is 24.2 Å². The molecule has 0 aromatic carbocycles. The smallest absolute Gasteiger partial charge is 0.0762 e. The molecule has 22 heavy (non-hydrogen) atoms. The number of anilines is 2. The molecule has 0 saturated carbocycles. The minimum Gasteiger partial charge on any atom is -0.263 e. The number of rotatable bonds is 9. The highest BCUT2D eigenvalue weighted by atomic mass is 15.4. The fourth-order valence-corrected chi connectivity index (χ4v) is 1.51. The average molecular weight is 298 g/mol. The monoisotopic (exact) mass is 298 g/mol. The van der Waals surface area contributed by atoms with E-state index in [1.807, 2.05) is 24.3 Å². The Balaban J connectivity index is 1.49. The first-order valence-corrected chi connectivity index (χ1v) is 7.00. The zero-order valence-electron chi connectivity index (χ0n) is 12.1. The average Bonchev–Trinajstić information content (AvgIpc) is 2.58. The van der Waals surface area contributed by atoms with Gasteiger partial charge in [-0.15, -0.1) is 0 Å².